The molecule has 6 heteroatoms. The fourth-order valence-electron chi connectivity index (χ4n) is 2.16. The van der Waals surface area contributed by atoms with Gasteiger partial charge < -0.3 is 20.5 Å². The maximum absolute atomic E-state index is 12.1. The predicted octanol–water partition coefficient (Wildman–Crippen LogP) is 0.389. The zero-order valence-corrected chi connectivity index (χ0v) is 11.1. The second-order valence-corrected chi connectivity index (χ2v) is 4.76. The third-order valence-electron chi connectivity index (χ3n) is 3.32. The van der Waals surface area contributed by atoms with Crippen LogP contribution in [0, 0.1) is 0 Å². The topological polar surface area (TPSA) is 92.9 Å². The highest BCUT2D eigenvalue weighted by molar-refractivity contribution is 5.79. The van der Waals surface area contributed by atoms with Gasteiger partial charge in [0.1, 0.15) is 0 Å². The molecule has 1 saturated heterocycles. The van der Waals surface area contributed by atoms with E-state index in [9.17, 15) is 9.59 Å². The van der Waals surface area contributed by atoms with Gasteiger partial charge in [0.2, 0.25) is 5.91 Å². The van der Waals surface area contributed by atoms with Crippen LogP contribution in [0.1, 0.15) is 18.0 Å². The zero-order valence-electron chi connectivity index (χ0n) is 11.1. The molecule has 2 unspecified atom stereocenters. The monoisotopic (exact) mass is 278 g/mol. The molecular formula is C14H18N2O4. The van der Waals surface area contributed by atoms with Gasteiger partial charge in [0.25, 0.3) is 0 Å². The Hall–Kier alpha value is -1.92. The molecule has 0 bridgehead atoms. The van der Waals surface area contributed by atoms with E-state index in [1.54, 1.807) is 0 Å². The molecule has 1 aromatic rings. The Morgan fingerprint density at radius 2 is 2.10 bits per heavy atom. The van der Waals surface area contributed by atoms with E-state index in [1.807, 2.05) is 30.3 Å². The lowest BCUT2D eigenvalue weighted by atomic mass is 10.0. The van der Waals surface area contributed by atoms with Crippen molar-refractivity contribution in [1.82, 2.24) is 4.90 Å². The summed E-state index contributed by atoms with van der Waals surface area (Å²) >= 11 is 0. The molecule has 1 aliphatic rings. The second kappa shape index (κ2) is 6.49. The van der Waals surface area contributed by atoms with E-state index in [0.717, 1.165) is 5.56 Å². The number of carbonyl (C=O) groups is 2. The van der Waals surface area contributed by atoms with E-state index in [1.165, 1.54) is 4.90 Å². The number of nitrogens with two attached hydrogens (primary N) is 1. The number of aliphatic carboxylic acids is 1. The van der Waals surface area contributed by atoms with Gasteiger partial charge in [-0.25, -0.2) is 4.79 Å². The Kier molecular flexibility index (Phi) is 4.70. The van der Waals surface area contributed by atoms with Gasteiger partial charge in [-0.3, -0.25) is 4.79 Å². The number of carboxylic acids is 1. The Morgan fingerprint density at radius 3 is 2.75 bits per heavy atom. The van der Waals surface area contributed by atoms with Crippen molar-refractivity contribution in [2.45, 2.75) is 18.6 Å². The standard InChI is InChI=1S/C14H18N2O4/c15-11(10-4-2-1-3-5-10)8-13(17)16-6-7-20-12(9-16)14(18)19/h1-5,11-12H,6-9,15H2,(H,18,19). The molecule has 0 radical (unpaired) electrons. The Bertz CT molecular complexity index is 477. The molecule has 6 nitrogen and oxygen atoms in total. The molecule has 3 N–H and O–H groups in total. The number of ether oxygens (including phenoxy) is 1. The highest BCUT2D eigenvalue weighted by Gasteiger charge is 2.29. The molecule has 0 spiro atoms. The van der Waals surface area contributed by atoms with Gasteiger partial charge in [-0.05, 0) is 5.56 Å². The first-order valence-corrected chi connectivity index (χ1v) is 6.50. The quantitative estimate of drug-likeness (QED) is 0.831. The van der Waals surface area contributed by atoms with Crippen molar-refractivity contribution >= 4 is 11.9 Å². The van der Waals surface area contributed by atoms with E-state index >= 15 is 0 Å². The summed E-state index contributed by atoms with van der Waals surface area (Å²) in [6.45, 7) is 0.725. The molecule has 1 heterocycles. The van der Waals surface area contributed by atoms with E-state index in [4.69, 9.17) is 15.6 Å². The Labute approximate surface area is 117 Å². The minimum atomic E-state index is -1.05. The van der Waals surface area contributed by atoms with Crippen molar-refractivity contribution in [3.05, 3.63) is 35.9 Å². The van der Waals surface area contributed by atoms with E-state index in [0.29, 0.717) is 6.54 Å². The summed E-state index contributed by atoms with van der Waals surface area (Å²) in [5, 5.41) is 8.91. The number of morpholine rings is 1. The van der Waals surface area contributed by atoms with Crippen molar-refractivity contribution in [3.63, 3.8) is 0 Å². The largest absolute Gasteiger partial charge is 0.479 e. The van der Waals surface area contributed by atoms with E-state index < -0.39 is 12.1 Å². The maximum atomic E-state index is 12.1. The first-order valence-electron chi connectivity index (χ1n) is 6.50. The average Bonchev–Trinajstić information content (AvgIpc) is 2.48. The van der Waals surface area contributed by atoms with Crippen LogP contribution in [0.2, 0.25) is 0 Å². The minimum Gasteiger partial charge on any atom is -0.479 e. The number of carbonyl (C=O) groups excluding carboxylic acids is 1. The first kappa shape index (κ1) is 14.5. The smallest absolute Gasteiger partial charge is 0.334 e. The molecule has 0 aromatic heterocycles. The highest BCUT2D eigenvalue weighted by Crippen LogP contribution is 2.16. The number of benzene rings is 1. The Morgan fingerprint density at radius 1 is 1.40 bits per heavy atom. The summed E-state index contributed by atoms with van der Waals surface area (Å²) in [5.74, 6) is -1.19. The predicted molar refractivity (Wildman–Crippen MR) is 71.9 cm³/mol. The number of rotatable bonds is 4. The summed E-state index contributed by atoms with van der Waals surface area (Å²) in [4.78, 5) is 24.5. The molecule has 2 rings (SSSR count). The van der Waals surface area contributed by atoms with Gasteiger partial charge in [0.15, 0.2) is 6.10 Å². The molecule has 108 valence electrons. The van der Waals surface area contributed by atoms with Crippen molar-refractivity contribution in [2.24, 2.45) is 5.73 Å². The molecule has 20 heavy (non-hydrogen) atoms. The summed E-state index contributed by atoms with van der Waals surface area (Å²) in [7, 11) is 0. The van der Waals surface area contributed by atoms with Crippen molar-refractivity contribution < 1.29 is 19.4 Å². The molecule has 0 aliphatic carbocycles. The van der Waals surface area contributed by atoms with Crippen LogP contribution in [0.3, 0.4) is 0 Å². The number of amides is 1. The fourth-order valence-corrected chi connectivity index (χ4v) is 2.16. The van der Waals surface area contributed by atoms with Crippen molar-refractivity contribution in [2.75, 3.05) is 19.7 Å². The van der Waals surface area contributed by atoms with Gasteiger partial charge in [-0.2, -0.15) is 0 Å². The molecule has 1 amide bonds. The molecule has 0 saturated carbocycles. The lowest BCUT2D eigenvalue weighted by molar-refractivity contribution is -0.159. The lowest BCUT2D eigenvalue weighted by Crippen LogP contribution is -2.49. The van der Waals surface area contributed by atoms with Crippen LogP contribution in [-0.2, 0) is 14.3 Å². The number of nitrogens with zero attached hydrogens (tertiary/aromatic N) is 1. The number of hydrogen-bond acceptors (Lipinski definition) is 4. The van der Waals surface area contributed by atoms with Crippen LogP contribution in [-0.4, -0.2) is 47.7 Å². The van der Waals surface area contributed by atoms with Gasteiger partial charge >= 0.3 is 5.97 Å². The average molecular weight is 278 g/mol. The molecule has 1 fully saturated rings. The number of hydrogen-bond donors (Lipinski definition) is 2. The second-order valence-electron chi connectivity index (χ2n) is 4.76. The van der Waals surface area contributed by atoms with Crippen LogP contribution >= 0.6 is 0 Å². The van der Waals surface area contributed by atoms with E-state index in [-0.39, 0.29) is 31.5 Å². The molecular weight excluding hydrogens is 260 g/mol. The fraction of sp³-hybridized carbons (Fsp3) is 0.429. The Balaban J connectivity index is 1.93. The van der Waals surface area contributed by atoms with Gasteiger partial charge in [-0.1, -0.05) is 30.3 Å². The molecule has 2 atom stereocenters. The molecule has 1 aromatic carbocycles. The SMILES string of the molecule is NC(CC(=O)N1CCOC(C(=O)O)C1)c1ccccc1. The number of carboxylic acid groups (broad SMARTS) is 1. The zero-order chi connectivity index (χ0) is 14.5. The van der Waals surface area contributed by atoms with Crippen molar-refractivity contribution in [3.8, 4) is 0 Å². The van der Waals surface area contributed by atoms with Crippen LogP contribution in [0.25, 0.3) is 0 Å². The third kappa shape index (κ3) is 3.55. The minimum absolute atomic E-state index is 0.0790. The summed E-state index contributed by atoms with van der Waals surface area (Å²) in [6, 6.07) is 8.99. The van der Waals surface area contributed by atoms with Crippen LogP contribution in [0.4, 0.5) is 0 Å². The lowest BCUT2D eigenvalue weighted by Gasteiger charge is -2.31. The maximum Gasteiger partial charge on any atom is 0.334 e. The van der Waals surface area contributed by atoms with Crippen LogP contribution < -0.4 is 5.73 Å². The summed E-state index contributed by atoms with van der Waals surface area (Å²) < 4.78 is 5.08. The molecule has 1 aliphatic heterocycles. The summed E-state index contributed by atoms with van der Waals surface area (Å²) in [6.07, 6.45) is -0.781. The van der Waals surface area contributed by atoms with Gasteiger partial charge in [-0.15, -0.1) is 0 Å². The van der Waals surface area contributed by atoms with Crippen LogP contribution in [0.5, 0.6) is 0 Å². The van der Waals surface area contributed by atoms with E-state index in [2.05, 4.69) is 0 Å². The van der Waals surface area contributed by atoms with Gasteiger partial charge in [0, 0.05) is 19.0 Å². The van der Waals surface area contributed by atoms with Gasteiger partial charge in [0.05, 0.1) is 13.2 Å². The van der Waals surface area contributed by atoms with Crippen LogP contribution in [0.15, 0.2) is 30.3 Å². The highest BCUT2D eigenvalue weighted by atomic mass is 16.5. The van der Waals surface area contributed by atoms with Crippen molar-refractivity contribution in [1.29, 1.82) is 0 Å². The normalized spacial score (nSPS) is 20.4. The first-order chi connectivity index (χ1) is 9.58. The third-order valence-corrected chi connectivity index (χ3v) is 3.32. The summed E-state index contributed by atoms with van der Waals surface area (Å²) in [5.41, 5.74) is 6.89.